The second-order valence-corrected chi connectivity index (χ2v) is 6.78. The Balaban J connectivity index is 1.78. The summed E-state index contributed by atoms with van der Waals surface area (Å²) in [5, 5.41) is 0.686. The average Bonchev–Trinajstić information content (AvgIpc) is 2.92. The number of hydrogen-bond donors (Lipinski definition) is 0. The fourth-order valence-electron chi connectivity index (χ4n) is 2.78. The number of aryl methyl sites for hydroxylation is 2. The molecule has 1 amide bonds. The molecule has 134 valence electrons. The number of hydrogen-bond acceptors (Lipinski definition) is 5. The van der Waals surface area contributed by atoms with Gasteiger partial charge in [-0.05, 0) is 60.5 Å². The number of morpholine rings is 1. The molecule has 0 N–H and O–H groups in total. The molecule has 2 heterocycles. The van der Waals surface area contributed by atoms with E-state index in [0.29, 0.717) is 47.5 Å². The molecule has 0 aromatic heterocycles. The molecule has 0 bridgehead atoms. The predicted molar refractivity (Wildman–Crippen MR) is 93.0 cm³/mol. The monoisotopic (exact) mass is 368 g/mol. The van der Waals surface area contributed by atoms with Crippen molar-refractivity contribution in [3.63, 3.8) is 0 Å². The van der Waals surface area contributed by atoms with Gasteiger partial charge in [-0.3, -0.25) is 4.79 Å². The van der Waals surface area contributed by atoms with E-state index in [9.17, 15) is 13.6 Å². The van der Waals surface area contributed by atoms with Gasteiger partial charge in [0.05, 0.1) is 18.1 Å². The van der Waals surface area contributed by atoms with Crippen molar-refractivity contribution in [1.29, 1.82) is 0 Å². The van der Waals surface area contributed by atoms with Crippen LogP contribution < -0.4 is 4.74 Å². The molecule has 5 nitrogen and oxygen atoms in total. The molecule has 8 heteroatoms. The third kappa shape index (κ3) is 4.19. The largest absolute Gasteiger partial charge is 0.434 e. The fraction of sp³-hybridized carbons (Fsp3) is 0.412. The van der Waals surface area contributed by atoms with Gasteiger partial charge in [-0.25, -0.2) is 0 Å². The molecular weight excluding hydrogens is 350 g/mol. The lowest BCUT2D eigenvalue weighted by atomic mass is 10.1. The van der Waals surface area contributed by atoms with Crippen LogP contribution >= 0.6 is 11.8 Å². The number of halogens is 2. The van der Waals surface area contributed by atoms with Crippen molar-refractivity contribution < 1.29 is 23.0 Å². The Morgan fingerprint density at radius 1 is 1.28 bits per heavy atom. The summed E-state index contributed by atoms with van der Waals surface area (Å²) in [5.41, 5.74) is 1.94. The van der Waals surface area contributed by atoms with Crippen LogP contribution in [0.3, 0.4) is 0 Å². The third-order valence-corrected chi connectivity index (χ3v) is 4.92. The van der Waals surface area contributed by atoms with Gasteiger partial charge < -0.3 is 14.4 Å². The molecule has 0 unspecified atom stereocenters. The summed E-state index contributed by atoms with van der Waals surface area (Å²) in [7, 11) is 0. The number of benzene rings is 1. The lowest BCUT2D eigenvalue weighted by Gasteiger charge is -2.27. The number of carbonyl (C=O) groups excluding carboxylic acids is 1. The van der Waals surface area contributed by atoms with E-state index in [2.05, 4.69) is 9.73 Å². The molecule has 3 rings (SSSR count). The van der Waals surface area contributed by atoms with Gasteiger partial charge in [0.2, 0.25) is 0 Å². The number of aliphatic imine (C=N–C) groups is 1. The van der Waals surface area contributed by atoms with E-state index >= 15 is 0 Å². The van der Waals surface area contributed by atoms with Crippen LogP contribution in [0.1, 0.15) is 16.7 Å². The van der Waals surface area contributed by atoms with E-state index in [0.717, 1.165) is 5.56 Å². The van der Waals surface area contributed by atoms with Crippen molar-refractivity contribution in [1.82, 2.24) is 4.90 Å². The number of rotatable bonds is 3. The van der Waals surface area contributed by atoms with Crippen LogP contribution in [0, 0.1) is 13.8 Å². The number of carbonyl (C=O) groups is 1. The normalized spacial score (nSPS) is 19.7. The second-order valence-electron chi connectivity index (χ2n) is 5.77. The van der Waals surface area contributed by atoms with Crippen LogP contribution in [0.5, 0.6) is 5.75 Å². The highest BCUT2D eigenvalue weighted by Crippen LogP contribution is 2.32. The Morgan fingerprint density at radius 2 is 1.92 bits per heavy atom. The molecule has 2 aliphatic rings. The van der Waals surface area contributed by atoms with Crippen molar-refractivity contribution in [2.45, 2.75) is 20.5 Å². The maximum atomic E-state index is 12.5. The van der Waals surface area contributed by atoms with Crippen LogP contribution in [0.2, 0.25) is 0 Å². The minimum absolute atomic E-state index is 0.174. The molecule has 25 heavy (non-hydrogen) atoms. The van der Waals surface area contributed by atoms with Gasteiger partial charge in [0.15, 0.2) is 5.17 Å². The van der Waals surface area contributed by atoms with Gasteiger partial charge in [-0.15, -0.1) is 0 Å². The molecule has 1 fully saturated rings. The smallest absolute Gasteiger partial charge is 0.387 e. The quantitative estimate of drug-likeness (QED) is 0.767. The van der Waals surface area contributed by atoms with Crippen molar-refractivity contribution >= 4 is 28.9 Å². The first-order valence-electron chi connectivity index (χ1n) is 7.85. The van der Waals surface area contributed by atoms with Crippen molar-refractivity contribution in [3.8, 4) is 5.75 Å². The third-order valence-electron chi connectivity index (χ3n) is 3.88. The number of amides is 1. The van der Waals surface area contributed by atoms with E-state index in [4.69, 9.17) is 4.74 Å². The fourth-order valence-corrected chi connectivity index (χ4v) is 3.75. The molecule has 0 atom stereocenters. The average molecular weight is 368 g/mol. The summed E-state index contributed by atoms with van der Waals surface area (Å²) in [5.74, 6) is -0.109. The molecule has 0 spiro atoms. The van der Waals surface area contributed by atoms with Gasteiger partial charge in [0.25, 0.3) is 5.91 Å². The highest BCUT2D eigenvalue weighted by Gasteiger charge is 2.27. The zero-order valence-electron chi connectivity index (χ0n) is 13.9. The number of thioether (sulfide) groups is 1. The highest BCUT2D eigenvalue weighted by atomic mass is 32.2. The lowest BCUT2D eigenvalue weighted by Crippen LogP contribution is -2.38. The molecule has 1 aromatic carbocycles. The molecule has 0 saturated carbocycles. The molecule has 2 aliphatic heterocycles. The number of nitrogens with zero attached hydrogens (tertiary/aromatic N) is 2. The van der Waals surface area contributed by atoms with Gasteiger partial charge in [0, 0.05) is 13.1 Å². The number of amidine groups is 1. The van der Waals surface area contributed by atoms with E-state index in [1.807, 2.05) is 4.90 Å². The number of alkyl halides is 2. The summed E-state index contributed by atoms with van der Waals surface area (Å²) in [6, 6.07) is 3.44. The summed E-state index contributed by atoms with van der Waals surface area (Å²) < 4.78 is 34.8. The van der Waals surface area contributed by atoms with Crippen LogP contribution in [0.15, 0.2) is 22.0 Å². The van der Waals surface area contributed by atoms with Gasteiger partial charge in [-0.1, -0.05) is 0 Å². The standard InChI is InChI=1S/C17H18F2N2O3S/c1-10-7-12(8-11(2)14(10)24-16(18)19)9-13-15(22)20-17(25-13)21-3-5-23-6-4-21/h7-9,16H,3-6H2,1-2H3/b13-9+. The van der Waals surface area contributed by atoms with Gasteiger partial charge in [0.1, 0.15) is 5.75 Å². The predicted octanol–water partition coefficient (Wildman–Crippen LogP) is 3.21. The van der Waals surface area contributed by atoms with Crippen LogP contribution in [0.4, 0.5) is 8.78 Å². The van der Waals surface area contributed by atoms with E-state index in [1.165, 1.54) is 11.8 Å². The molecule has 0 radical (unpaired) electrons. The lowest BCUT2D eigenvalue weighted by molar-refractivity contribution is -0.113. The summed E-state index contributed by atoms with van der Waals surface area (Å²) >= 11 is 1.33. The maximum absolute atomic E-state index is 12.5. The van der Waals surface area contributed by atoms with E-state index in [1.54, 1.807) is 32.1 Å². The molecule has 0 aliphatic carbocycles. The Kier molecular flexibility index (Phi) is 5.39. The summed E-state index contributed by atoms with van der Waals surface area (Å²) in [4.78, 5) is 18.8. The van der Waals surface area contributed by atoms with Gasteiger partial charge in [-0.2, -0.15) is 13.8 Å². The molecule has 1 aromatic rings. The van der Waals surface area contributed by atoms with E-state index in [-0.39, 0.29) is 11.7 Å². The molecule has 1 saturated heterocycles. The Labute approximate surface area is 148 Å². The summed E-state index contributed by atoms with van der Waals surface area (Å²) in [6.07, 6.45) is 1.73. The first kappa shape index (κ1) is 17.9. The van der Waals surface area contributed by atoms with Crippen LogP contribution in [-0.2, 0) is 9.53 Å². The SMILES string of the molecule is Cc1cc(/C=C2/SC(N3CCOCC3)=NC2=O)cc(C)c1OC(F)F. The van der Waals surface area contributed by atoms with Gasteiger partial charge >= 0.3 is 6.61 Å². The van der Waals surface area contributed by atoms with Crippen molar-refractivity contribution in [2.24, 2.45) is 4.99 Å². The second kappa shape index (κ2) is 7.53. The zero-order chi connectivity index (χ0) is 18.0. The molecular formula is C17H18F2N2O3S. The van der Waals surface area contributed by atoms with Crippen LogP contribution in [-0.4, -0.2) is 48.9 Å². The Hall–Kier alpha value is -1.93. The Morgan fingerprint density at radius 3 is 2.52 bits per heavy atom. The van der Waals surface area contributed by atoms with Crippen molar-refractivity contribution in [2.75, 3.05) is 26.3 Å². The van der Waals surface area contributed by atoms with Crippen LogP contribution in [0.25, 0.3) is 6.08 Å². The highest BCUT2D eigenvalue weighted by molar-refractivity contribution is 8.18. The topological polar surface area (TPSA) is 51.1 Å². The summed E-state index contributed by atoms with van der Waals surface area (Å²) in [6.45, 7) is 3.21. The first-order valence-corrected chi connectivity index (χ1v) is 8.67. The van der Waals surface area contributed by atoms with Crippen molar-refractivity contribution in [3.05, 3.63) is 33.7 Å². The minimum atomic E-state index is -2.86. The number of ether oxygens (including phenoxy) is 2. The first-order chi connectivity index (χ1) is 11.9. The van der Waals surface area contributed by atoms with E-state index < -0.39 is 6.61 Å². The zero-order valence-corrected chi connectivity index (χ0v) is 14.7. The Bertz CT molecular complexity index is 720. The maximum Gasteiger partial charge on any atom is 0.387 e. The minimum Gasteiger partial charge on any atom is -0.434 e.